The van der Waals surface area contributed by atoms with E-state index in [0.29, 0.717) is 10.0 Å². The van der Waals surface area contributed by atoms with Crippen molar-refractivity contribution in [2.75, 3.05) is 13.1 Å². The van der Waals surface area contributed by atoms with Crippen molar-refractivity contribution in [1.29, 1.82) is 0 Å². The SMILES string of the molecule is Clc1ccc(Cl)c(-c2nn3c(CN4CCCCC4)nnc3s2)c1. The zero-order valence-corrected chi connectivity index (χ0v) is 14.7. The van der Waals surface area contributed by atoms with E-state index in [1.165, 1.54) is 30.6 Å². The zero-order chi connectivity index (χ0) is 15.8. The van der Waals surface area contributed by atoms with Crippen LogP contribution in [-0.4, -0.2) is 37.8 Å². The van der Waals surface area contributed by atoms with Gasteiger partial charge in [0.1, 0.15) is 5.01 Å². The highest BCUT2D eigenvalue weighted by Gasteiger charge is 2.18. The molecule has 2 aromatic heterocycles. The largest absolute Gasteiger partial charge is 0.296 e. The average Bonchev–Trinajstić information content (AvgIpc) is 3.13. The van der Waals surface area contributed by atoms with Crippen LogP contribution in [0.5, 0.6) is 0 Å². The molecule has 120 valence electrons. The van der Waals surface area contributed by atoms with Gasteiger partial charge < -0.3 is 0 Å². The lowest BCUT2D eigenvalue weighted by atomic mass is 10.1. The number of benzene rings is 1. The van der Waals surface area contributed by atoms with Crippen LogP contribution in [0.3, 0.4) is 0 Å². The van der Waals surface area contributed by atoms with Crippen molar-refractivity contribution in [3.63, 3.8) is 0 Å². The highest BCUT2D eigenvalue weighted by atomic mass is 35.5. The van der Waals surface area contributed by atoms with Crippen LogP contribution in [0.2, 0.25) is 10.0 Å². The minimum absolute atomic E-state index is 0.636. The van der Waals surface area contributed by atoms with Crippen LogP contribution in [0, 0.1) is 0 Å². The van der Waals surface area contributed by atoms with Gasteiger partial charge >= 0.3 is 0 Å². The fourth-order valence-electron chi connectivity index (χ4n) is 2.84. The Morgan fingerprint density at radius 3 is 2.74 bits per heavy atom. The molecule has 0 spiro atoms. The molecule has 5 nitrogen and oxygen atoms in total. The van der Waals surface area contributed by atoms with E-state index in [-0.39, 0.29) is 0 Å². The number of fused-ring (bicyclic) bond motifs is 1. The number of piperidine rings is 1. The molecule has 0 unspecified atom stereocenters. The highest BCUT2D eigenvalue weighted by Crippen LogP contribution is 2.33. The summed E-state index contributed by atoms with van der Waals surface area (Å²) in [6.07, 6.45) is 3.82. The van der Waals surface area contributed by atoms with Crippen LogP contribution >= 0.6 is 34.5 Å². The predicted molar refractivity (Wildman–Crippen MR) is 93.2 cm³/mol. The number of rotatable bonds is 3. The van der Waals surface area contributed by atoms with Gasteiger partial charge in [-0.25, -0.2) is 0 Å². The van der Waals surface area contributed by atoms with Crippen LogP contribution in [0.15, 0.2) is 18.2 Å². The maximum Gasteiger partial charge on any atom is 0.235 e. The summed E-state index contributed by atoms with van der Waals surface area (Å²) in [6.45, 7) is 3.02. The smallest absolute Gasteiger partial charge is 0.235 e. The van der Waals surface area contributed by atoms with Crippen molar-refractivity contribution in [1.82, 2.24) is 24.7 Å². The molecule has 1 saturated heterocycles. The Labute approximate surface area is 147 Å². The van der Waals surface area contributed by atoms with Gasteiger partial charge in [0.15, 0.2) is 5.82 Å². The monoisotopic (exact) mass is 367 g/mol. The lowest BCUT2D eigenvalue weighted by Gasteiger charge is -2.25. The van der Waals surface area contributed by atoms with E-state index < -0.39 is 0 Å². The molecule has 4 rings (SSSR count). The third kappa shape index (κ3) is 3.08. The molecule has 1 aliphatic rings. The van der Waals surface area contributed by atoms with Gasteiger partial charge in [-0.15, -0.1) is 10.2 Å². The topological polar surface area (TPSA) is 46.3 Å². The van der Waals surface area contributed by atoms with Gasteiger partial charge in [-0.3, -0.25) is 4.90 Å². The molecule has 0 bridgehead atoms. The van der Waals surface area contributed by atoms with Gasteiger partial charge in [0.05, 0.1) is 11.6 Å². The fourth-order valence-corrected chi connectivity index (χ4v) is 4.17. The number of nitrogens with zero attached hydrogens (tertiary/aromatic N) is 5. The summed E-state index contributed by atoms with van der Waals surface area (Å²) < 4.78 is 1.83. The Hall–Kier alpha value is -1.21. The van der Waals surface area contributed by atoms with Crippen molar-refractivity contribution >= 4 is 39.5 Å². The van der Waals surface area contributed by atoms with E-state index in [4.69, 9.17) is 23.2 Å². The molecule has 1 fully saturated rings. The molecule has 1 aliphatic heterocycles. The zero-order valence-electron chi connectivity index (χ0n) is 12.4. The Kier molecular flexibility index (Phi) is 4.24. The number of hydrogen-bond acceptors (Lipinski definition) is 5. The molecule has 0 amide bonds. The lowest BCUT2D eigenvalue weighted by molar-refractivity contribution is 0.214. The fraction of sp³-hybridized carbons (Fsp3) is 0.400. The first-order valence-electron chi connectivity index (χ1n) is 7.59. The Morgan fingerprint density at radius 1 is 1.09 bits per heavy atom. The summed E-state index contributed by atoms with van der Waals surface area (Å²) in [5.41, 5.74) is 0.832. The molecule has 1 aromatic carbocycles. The quantitative estimate of drug-likeness (QED) is 0.697. The van der Waals surface area contributed by atoms with Crippen molar-refractivity contribution in [2.45, 2.75) is 25.8 Å². The minimum Gasteiger partial charge on any atom is -0.296 e. The van der Waals surface area contributed by atoms with Crippen LogP contribution in [0.25, 0.3) is 15.5 Å². The van der Waals surface area contributed by atoms with Gasteiger partial charge in [0.2, 0.25) is 4.96 Å². The number of hydrogen-bond donors (Lipinski definition) is 0. The molecule has 0 N–H and O–H groups in total. The van der Waals surface area contributed by atoms with E-state index in [0.717, 1.165) is 41.0 Å². The Bertz CT molecular complexity index is 838. The molecule has 3 heterocycles. The third-order valence-electron chi connectivity index (χ3n) is 4.03. The van der Waals surface area contributed by atoms with Crippen molar-refractivity contribution in [2.24, 2.45) is 0 Å². The van der Waals surface area contributed by atoms with Gasteiger partial charge in [-0.05, 0) is 44.1 Å². The standard InChI is InChI=1S/C15H15Cl2N5S/c16-10-4-5-12(17)11(8-10)14-20-22-13(18-19-15(22)23-14)9-21-6-2-1-3-7-21/h4-5,8H,1-3,6-7,9H2. The summed E-state index contributed by atoms with van der Waals surface area (Å²) in [4.78, 5) is 3.19. The van der Waals surface area contributed by atoms with E-state index in [2.05, 4.69) is 20.2 Å². The highest BCUT2D eigenvalue weighted by molar-refractivity contribution is 7.19. The average molecular weight is 368 g/mol. The molecule has 8 heteroatoms. The second-order valence-electron chi connectivity index (χ2n) is 5.68. The van der Waals surface area contributed by atoms with Gasteiger partial charge in [0, 0.05) is 10.6 Å². The van der Waals surface area contributed by atoms with E-state index in [1.807, 2.05) is 10.6 Å². The maximum absolute atomic E-state index is 6.28. The van der Waals surface area contributed by atoms with Gasteiger partial charge in [0.25, 0.3) is 0 Å². The van der Waals surface area contributed by atoms with Crippen LogP contribution in [0.1, 0.15) is 25.1 Å². The van der Waals surface area contributed by atoms with E-state index >= 15 is 0 Å². The molecule has 0 saturated carbocycles. The molecule has 0 radical (unpaired) electrons. The molecular formula is C15H15Cl2N5S. The van der Waals surface area contributed by atoms with Crippen molar-refractivity contribution in [3.8, 4) is 10.6 Å². The predicted octanol–water partition coefficient (Wildman–Crippen LogP) is 4.15. The minimum atomic E-state index is 0.636. The molecule has 23 heavy (non-hydrogen) atoms. The summed E-state index contributed by atoms with van der Waals surface area (Å²) >= 11 is 13.8. The normalized spacial score (nSPS) is 16.3. The summed E-state index contributed by atoms with van der Waals surface area (Å²) in [5.74, 6) is 0.877. The van der Waals surface area contributed by atoms with Gasteiger partial charge in [-0.2, -0.15) is 9.61 Å². The van der Waals surface area contributed by atoms with Crippen LogP contribution < -0.4 is 0 Å². The Balaban J connectivity index is 1.67. The van der Waals surface area contributed by atoms with Crippen LogP contribution in [-0.2, 0) is 6.54 Å². The van der Waals surface area contributed by atoms with Crippen molar-refractivity contribution < 1.29 is 0 Å². The second kappa shape index (κ2) is 6.36. The second-order valence-corrected chi connectivity index (χ2v) is 7.48. The summed E-state index contributed by atoms with van der Waals surface area (Å²) in [7, 11) is 0. The number of halogens is 2. The third-order valence-corrected chi connectivity index (χ3v) is 5.52. The molecule has 0 aliphatic carbocycles. The lowest BCUT2D eigenvalue weighted by Crippen LogP contribution is -2.30. The summed E-state index contributed by atoms with van der Waals surface area (Å²) in [6, 6.07) is 5.39. The number of aromatic nitrogens is 4. The van der Waals surface area contributed by atoms with Gasteiger partial charge in [-0.1, -0.05) is 41.0 Å². The first-order valence-corrected chi connectivity index (χ1v) is 9.17. The first-order chi connectivity index (χ1) is 11.2. The number of likely N-dealkylation sites (tertiary alicyclic amines) is 1. The molecule has 0 atom stereocenters. The molecule has 3 aromatic rings. The van der Waals surface area contributed by atoms with E-state index in [9.17, 15) is 0 Å². The van der Waals surface area contributed by atoms with Crippen LogP contribution in [0.4, 0.5) is 0 Å². The van der Waals surface area contributed by atoms with Crippen molar-refractivity contribution in [3.05, 3.63) is 34.1 Å². The Morgan fingerprint density at radius 2 is 1.91 bits per heavy atom. The first kappa shape index (κ1) is 15.3. The molecular weight excluding hydrogens is 353 g/mol. The maximum atomic E-state index is 6.28. The van der Waals surface area contributed by atoms with E-state index in [1.54, 1.807) is 12.1 Å². The summed E-state index contributed by atoms with van der Waals surface area (Å²) in [5, 5.41) is 15.3.